The second-order valence-electron chi connectivity index (χ2n) is 1.37. The molecule has 9 heavy (non-hydrogen) atoms. The number of hydrogen-bond acceptors (Lipinski definition) is 4. The quantitative estimate of drug-likeness (QED) is 0.521. The van der Waals surface area contributed by atoms with Crippen LogP contribution < -0.4 is 0 Å². The van der Waals surface area contributed by atoms with Gasteiger partial charge in [0.25, 0.3) is 5.97 Å². The van der Waals surface area contributed by atoms with Gasteiger partial charge in [-0.15, -0.1) is 0 Å². The minimum atomic E-state index is -2.10. The zero-order valence-electron chi connectivity index (χ0n) is 5.71. The van der Waals surface area contributed by atoms with Crippen molar-refractivity contribution in [1.29, 1.82) is 0 Å². The minimum Gasteiger partial charge on any atom is -0.572 e. The fraction of sp³-hybridized carbons (Fsp3) is 0.750. The van der Waals surface area contributed by atoms with Crippen molar-refractivity contribution in [1.82, 2.24) is 0 Å². The Hall–Kier alpha value is -0.0775. The molecule has 0 radical (unpaired) electrons. The van der Waals surface area contributed by atoms with Gasteiger partial charge in [0.05, 0.1) is 0 Å². The zero-order chi connectivity index (χ0) is 7.28. The van der Waals surface area contributed by atoms with E-state index in [4.69, 9.17) is 0 Å². The molecular weight excluding hydrogens is 139 g/mol. The normalized spacial score (nSPS) is 8.78. The minimum absolute atomic E-state index is 0.365. The van der Waals surface area contributed by atoms with Crippen molar-refractivity contribution < 1.29 is 16.2 Å². The highest BCUT2D eigenvalue weighted by Gasteiger charge is 2.32. The highest BCUT2D eigenvalue weighted by atomic mass is 27.3. The summed E-state index contributed by atoms with van der Waals surface area (Å²) < 4.78 is 14.0. The molecule has 4 nitrogen and oxygen atoms in total. The average molecular weight is 148 g/mol. The van der Waals surface area contributed by atoms with E-state index in [0.29, 0.717) is 0 Å². The van der Waals surface area contributed by atoms with Crippen LogP contribution in [0, 0.1) is 0 Å². The summed E-state index contributed by atoms with van der Waals surface area (Å²) in [5, 5.41) is 0. The molecule has 0 aliphatic carbocycles. The molecule has 0 amide bonds. The molecule has 0 aromatic rings. The third kappa shape index (κ3) is 4.43. The van der Waals surface area contributed by atoms with Gasteiger partial charge in [-0.25, -0.2) is 0 Å². The smallest absolute Gasteiger partial charge is 0.572 e. The lowest BCUT2D eigenvalue weighted by atomic mass is 10.9. The lowest BCUT2D eigenvalue weighted by molar-refractivity contribution is -0.134. The van der Waals surface area contributed by atoms with Crippen LogP contribution in [-0.2, 0) is 16.2 Å². The number of carbonyl (C=O) groups is 1. The SMILES string of the molecule is C[O][Al]([O]C)[O]C(C)=O. The highest BCUT2D eigenvalue weighted by Crippen LogP contribution is 1.87. The Balaban J connectivity index is 3.43. The predicted molar refractivity (Wildman–Crippen MR) is 31.5 cm³/mol. The molecule has 0 heterocycles. The van der Waals surface area contributed by atoms with E-state index < -0.39 is 15.1 Å². The molecule has 0 aromatic carbocycles. The van der Waals surface area contributed by atoms with Crippen LogP contribution in [0.1, 0.15) is 6.92 Å². The van der Waals surface area contributed by atoms with Gasteiger partial charge in [-0.05, 0) is 0 Å². The third-order valence-electron chi connectivity index (χ3n) is 0.647. The maximum absolute atomic E-state index is 10.2. The molecule has 0 aromatic heterocycles. The van der Waals surface area contributed by atoms with Crippen molar-refractivity contribution in [2.45, 2.75) is 6.92 Å². The molecule has 0 atom stereocenters. The summed E-state index contributed by atoms with van der Waals surface area (Å²) in [7, 11) is 2.90. The number of hydrogen-bond donors (Lipinski definition) is 0. The summed E-state index contributed by atoms with van der Waals surface area (Å²) >= 11 is -2.10. The van der Waals surface area contributed by atoms with Crippen LogP contribution in [0.25, 0.3) is 0 Å². The molecule has 0 spiro atoms. The first-order valence-electron chi connectivity index (χ1n) is 2.43. The van der Waals surface area contributed by atoms with E-state index in [1.54, 1.807) is 0 Å². The molecule has 0 saturated carbocycles. The summed E-state index contributed by atoms with van der Waals surface area (Å²) in [5.41, 5.74) is 0. The Morgan fingerprint density at radius 3 is 1.89 bits per heavy atom. The van der Waals surface area contributed by atoms with Gasteiger partial charge in [-0.3, -0.25) is 4.79 Å². The Bertz CT molecular complexity index is 90.6. The maximum atomic E-state index is 10.2. The summed E-state index contributed by atoms with van der Waals surface area (Å²) in [4.78, 5) is 10.2. The largest absolute Gasteiger partial charge is 1.00 e. The van der Waals surface area contributed by atoms with E-state index in [9.17, 15) is 4.79 Å². The lowest BCUT2D eigenvalue weighted by Crippen LogP contribution is -2.25. The first-order chi connectivity index (χ1) is 4.20. The Morgan fingerprint density at radius 1 is 1.33 bits per heavy atom. The highest BCUT2D eigenvalue weighted by molar-refractivity contribution is 6.38. The summed E-state index contributed by atoms with van der Waals surface area (Å²) in [6, 6.07) is 0. The molecule has 5 heteroatoms. The van der Waals surface area contributed by atoms with Gasteiger partial charge in [-0.2, -0.15) is 0 Å². The Morgan fingerprint density at radius 2 is 1.78 bits per heavy atom. The van der Waals surface area contributed by atoms with E-state index in [1.165, 1.54) is 21.1 Å². The van der Waals surface area contributed by atoms with Crippen LogP contribution in [0.3, 0.4) is 0 Å². The van der Waals surface area contributed by atoms with Crippen molar-refractivity contribution in [3.63, 3.8) is 0 Å². The molecule has 0 bridgehead atoms. The number of carbonyl (C=O) groups excluding carboxylic acids is 1. The van der Waals surface area contributed by atoms with Crippen molar-refractivity contribution in [2.75, 3.05) is 14.2 Å². The molecule has 0 N–H and O–H groups in total. The van der Waals surface area contributed by atoms with Gasteiger partial charge >= 0.3 is 15.1 Å². The molecule has 0 unspecified atom stereocenters. The molecule has 0 aliphatic rings. The van der Waals surface area contributed by atoms with Crippen molar-refractivity contribution in [3.05, 3.63) is 0 Å². The molecule has 0 aliphatic heterocycles. The van der Waals surface area contributed by atoms with Crippen LogP contribution in [0.4, 0.5) is 0 Å². The molecular formula is C4H9AlO4. The zero-order valence-corrected chi connectivity index (χ0v) is 6.87. The van der Waals surface area contributed by atoms with Gasteiger partial charge in [0.2, 0.25) is 0 Å². The first kappa shape index (κ1) is 8.92. The molecule has 52 valence electrons. The Kier molecular flexibility index (Phi) is 4.73. The second-order valence-corrected chi connectivity index (χ2v) is 3.13. The number of rotatable bonds is 3. The second kappa shape index (κ2) is 4.77. The van der Waals surface area contributed by atoms with Gasteiger partial charge in [-0.1, -0.05) is 0 Å². The molecule has 0 saturated heterocycles. The standard InChI is InChI=1S/C2H4O2.2CH3O.Al/c1-2(3)4;2*1-2;/h1H3,(H,3,4);2*1H3;/q;2*-1;+3/p-1. The van der Waals surface area contributed by atoms with Gasteiger partial charge in [0.15, 0.2) is 0 Å². The van der Waals surface area contributed by atoms with Crippen molar-refractivity contribution >= 4 is 21.1 Å². The van der Waals surface area contributed by atoms with Gasteiger partial charge < -0.3 is 11.4 Å². The average Bonchev–Trinajstić information content (AvgIpc) is 1.82. The Labute approximate surface area is 59.1 Å². The summed E-state index contributed by atoms with van der Waals surface area (Å²) in [6.07, 6.45) is 0. The third-order valence-corrected chi connectivity index (χ3v) is 1.94. The van der Waals surface area contributed by atoms with E-state index >= 15 is 0 Å². The van der Waals surface area contributed by atoms with Gasteiger partial charge in [0, 0.05) is 21.1 Å². The topological polar surface area (TPSA) is 44.8 Å². The van der Waals surface area contributed by atoms with E-state index in [2.05, 4.69) is 11.4 Å². The van der Waals surface area contributed by atoms with Crippen LogP contribution in [0.15, 0.2) is 0 Å². The fourth-order valence-electron chi connectivity index (χ4n) is 0.328. The van der Waals surface area contributed by atoms with Crippen LogP contribution in [0.2, 0.25) is 0 Å². The van der Waals surface area contributed by atoms with Gasteiger partial charge in [0.1, 0.15) is 0 Å². The van der Waals surface area contributed by atoms with Crippen molar-refractivity contribution in [3.8, 4) is 0 Å². The monoisotopic (exact) mass is 148 g/mol. The van der Waals surface area contributed by atoms with Crippen LogP contribution >= 0.6 is 0 Å². The summed E-state index contributed by atoms with van der Waals surface area (Å²) in [6.45, 7) is 1.32. The lowest BCUT2D eigenvalue weighted by Gasteiger charge is -2.04. The van der Waals surface area contributed by atoms with Crippen molar-refractivity contribution in [2.24, 2.45) is 0 Å². The molecule has 0 fully saturated rings. The first-order valence-corrected chi connectivity index (χ1v) is 3.85. The van der Waals surface area contributed by atoms with E-state index in [-0.39, 0.29) is 5.97 Å². The summed E-state index contributed by atoms with van der Waals surface area (Å²) in [5.74, 6) is -0.365. The van der Waals surface area contributed by atoms with Crippen LogP contribution in [0.5, 0.6) is 0 Å². The van der Waals surface area contributed by atoms with E-state index in [1.807, 2.05) is 0 Å². The maximum Gasteiger partial charge on any atom is 1.00 e. The molecule has 0 rings (SSSR count). The fourth-order valence-corrected chi connectivity index (χ4v) is 0.984. The predicted octanol–water partition coefficient (Wildman–Crippen LogP) is -0.173. The van der Waals surface area contributed by atoms with Crippen LogP contribution in [-0.4, -0.2) is 35.3 Å². The van der Waals surface area contributed by atoms with E-state index in [0.717, 1.165) is 0 Å².